The van der Waals surface area contributed by atoms with E-state index in [4.69, 9.17) is 10.5 Å². The van der Waals surface area contributed by atoms with Gasteiger partial charge in [-0.05, 0) is 30.7 Å². The minimum absolute atomic E-state index is 0.406. The second kappa shape index (κ2) is 5.86. The third kappa shape index (κ3) is 3.35. The molecule has 0 amide bonds. The molecule has 2 rings (SSSR count). The van der Waals surface area contributed by atoms with Gasteiger partial charge in [0.1, 0.15) is 17.4 Å². The number of rotatable bonds is 5. The summed E-state index contributed by atoms with van der Waals surface area (Å²) >= 11 is 0. The fourth-order valence-electron chi connectivity index (χ4n) is 1.40. The Labute approximate surface area is 106 Å². The molecular formula is C13H16N4O. The van der Waals surface area contributed by atoms with Crippen molar-refractivity contribution in [2.24, 2.45) is 0 Å². The highest BCUT2D eigenvalue weighted by Crippen LogP contribution is 2.18. The third-order valence-electron chi connectivity index (χ3n) is 2.27. The third-order valence-corrected chi connectivity index (χ3v) is 2.27. The van der Waals surface area contributed by atoms with Crippen LogP contribution < -0.4 is 15.8 Å². The van der Waals surface area contributed by atoms with E-state index in [1.54, 1.807) is 6.20 Å². The van der Waals surface area contributed by atoms with Gasteiger partial charge >= 0.3 is 0 Å². The molecule has 0 spiro atoms. The highest BCUT2D eigenvalue weighted by Gasteiger charge is 1.98. The first-order valence-corrected chi connectivity index (χ1v) is 5.85. The maximum atomic E-state index is 5.50. The number of benzene rings is 1. The summed E-state index contributed by atoms with van der Waals surface area (Å²) in [6, 6.07) is 7.71. The molecule has 5 nitrogen and oxygen atoms in total. The van der Waals surface area contributed by atoms with Crippen LogP contribution in [0.15, 0.2) is 36.7 Å². The van der Waals surface area contributed by atoms with E-state index in [-0.39, 0.29) is 0 Å². The van der Waals surface area contributed by atoms with Crippen molar-refractivity contribution >= 4 is 17.3 Å². The molecule has 0 saturated carbocycles. The number of aromatic nitrogens is 2. The smallest absolute Gasteiger partial charge is 0.149 e. The van der Waals surface area contributed by atoms with Gasteiger partial charge in [0.05, 0.1) is 19.0 Å². The molecule has 18 heavy (non-hydrogen) atoms. The van der Waals surface area contributed by atoms with Crippen molar-refractivity contribution in [2.45, 2.75) is 13.3 Å². The van der Waals surface area contributed by atoms with E-state index in [1.807, 2.05) is 24.3 Å². The second-order valence-corrected chi connectivity index (χ2v) is 3.82. The van der Waals surface area contributed by atoms with Crippen LogP contribution in [0.1, 0.15) is 13.3 Å². The van der Waals surface area contributed by atoms with Crippen LogP contribution in [0.3, 0.4) is 0 Å². The minimum atomic E-state index is 0.406. The topological polar surface area (TPSA) is 73.1 Å². The van der Waals surface area contributed by atoms with E-state index in [2.05, 4.69) is 22.2 Å². The van der Waals surface area contributed by atoms with Gasteiger partial charge in [0.15, 0.2) is 0 Å². The molecule has 1 aromatic heterocycles. The summed E-state index contributed by atoms with van der Waals surface area (Å²) in [6.45, 7) is 2.81. The average Bonchev–Trinajstić information content (AvgIpc) is 2.41. The summed E-state index contributed by atoms with van der Waals surface area (Å²) in [6.07, 6.45) is 4.11. The maximum Gasteiger partial charge on any atom is 0.149 e. The Kier molecular flexibility index (Phi) is 3.96. The van der Waals surface area contributed by atoms with Gasteiger partial charge in [0.25, 0.3) is 0 Å². The van der Waals surface area contributed by atoms with Crippen LogP contribution in [0.2, 0.25) is 0 Å². The fraction of sp³-hybridized carbons (Fsp3) is 0.231. The van der Waals surface area contributed by atoms with Gasteiger partial charge in [-0.1, -0.05) is 6.92 Å². The lowest BCUT2D eigenvalue weighted by molar-refractivity contribution is 0.317. The highest BCUT2D eigenvalue weighted by molar-refractivity contribution is 5.56. The van der Waals surface area contributed by atoms with Gasteiger partial charge < -0.3 is 15.8 Å². The zero-order valence-electron chi connectivity index (χ0n) is 10.3. The predicted octanol–water partition coefficient (Wildman–Crippen LogP) is 2.59. The first-order valence-electron chi connectivity index (χ1n) is 5.85. The lowest BCUT2D eigenvalue weighted by atomic mass is 10.3. The molecule has 0 aliphatic heterocycles. The maximum absolute atomic E-state index is 5.50. The molecule has 1 aromatic carbocycles. The number of nitrogen functional groups attached to an aromatic ring is 1. The molecular weight excluding hydrogens is 228 g/mol. The highest BCUT2D eigenvalue weighted by atomic mass is 16.5. The van der Waals surface area contributed by atoms with Crippen LogP contribution in [-0.2, 0) is 0 Å². The zero-order valence-corrected chi connectivity index (χ0v) is 10.3. The minimum Gasteiger partial charge on any atom is -0.494 e. The van der Waals surface area contributed by atoms with E-state index in [0.717, 1.165) is 24.5 Å². The molecule has 0 unspecified atom stereocenters. The van der Waals surface area contributed by atoms with E-state index in [1.165, 1.54) is 6.20 Å². The van der Waals surface area contributed by atoms with Crippen LogP contribution >= 0.6 is 0 Å². The van der Waals surface area contributed by atoms with Crippen LogP contribution in [0.5, 0.6) is 5.75 Å². The van der Waals surface area contributed by atoms with Crippen molar-refractivity contribution in [3.63, 3.8) is 0 Å². The zero-order chi connectivity index (χ0) is 12.8. The Hall–Kier alpha value is -2.30. The Bertz CT molecular complexity index is 481. The number of anilines is 3. The van der Waals surface area contributed by atoms with Crippen molar-refractivity contribution in [3.8, 4) is 5.75 Å². The second-order valence-electron chi connectivity index (χ2n) is 3.82. The molecule has 0 aliphatic rings. The summed E-state index contributed by atoms with van der Waals surface area (Å²) in [4.78, 5) is 8.08. The Morgan fingerprint density at radius 1 is 1.17 bits per heavy atom. The molecule has 0 atom stereocenters. The summed E-state index contributed by atoms with van der Waals surface area (Å²) in [7, 11) is 0. The van der Waals surface area contributed by atoms with Crippen molar-refractivity contribution in [2.75, 3.05) is 17.7 Å². The largest absolute Gasteiger partial charge is 0.494 e. The Balaban J connectivity index is 1.99. The average molecular weight is 244 g/mol. The summed E-state index contributed by atoms with van der Waals surface area (Å²) in [5.41, 5.74) is 6.40. The molecule has 2 aromatic rings. The fourth-order valence-corrected chi connectivity index (χ4v) is 1.40. The molecule has 0 saturated heterocycles. The number of nitrogens with zero attached hydrogens (tertiary/aromatic N) is 2. The van der Waals surface area contributed by atoms with Gasteiger partial charge in [-0.3, -0.25) is 0 Å². The molecule has 3 N–H and O–H groups in total. The number of nitrogens with one attached hydrogen (secondary N) is 1. The molecule has 0 bridgehead atoms. The molecule has 1 heterocycles. The quantitative estimate of drug-likeness (QED) is 0.845. The van der Waals surface area contributed by atoms with Crippen molar-refractivity contribution in [1.29, 1.82) is 0 Å². The van der Waals surface area contributed by atoms with E-state index in [9.17, 15) is 0 Å². The van der Waals surface area contributed by atoms with Gasteiger partial charge in [-0.15, -0.1) is 0 Å². The lowest BCUT2D eigenvalue weighted by Crippen LogP contribution is -1.98. The molecule has 5 heteroatoms. The van der Waals surface area contributed by atoms with E-state index < -0.39 is 0 Å². The summed E-state index contributed by atoms with van der Waals surface area (Å²) < 4.78 is 5.50. The van der Waals surface area contributed by atoms with Gasteiger partial charge in [0.2, 0.25) is 0 Å². The standard InChI is InChI=1S/C13H16N4O/c1-2-7-18-11-5-3-10(4-6-11)17-13-9-15-12(14)8-16-13/h3-6,8-9H,2,7H2,1H3,(H2,14,15)(H,16,17). The lowest BCUT2D eigenvalue weighted by Gasteiger charge is -2.07. The normalized spacial score (nSPS) is 10.1. The SMILES string of the molecule is CCCOc1ccc(Nc2cnc(N)cn2)cc1. The van der Waals surface area contributed by atoms with E-state index >= 15 is 0 Å². The number of nitrogens with two attached hydrogens (primary N) is 1. The molecule has 0 aliphatic carbocycles. The first kappa shape index (κ1) is 12.2. The monoisotopic (exact) mass is 244 g/mol. The molecule has 0 radical (unpaired) electrons. The van der Waals surface area contributed by atoms with Gasteiger partial charge in [-0.2, -0.15) is 0 Å². The van der Waals surface area contributed by atoms with Crippen LogP contribution in [-0.4, -0.2) is 16.6 Å². The van der Waals surface area contributed by atoms with Crippen LogP contribution in [0, 0.1) is 0 Å². The van der Waals surface area contributed by atoms with Gasteiger partial charge in [-0.25, -0.2) is 9.97 Å². The van der Waals surface area contributed by atoms with Crippen molar-refractivity contribution in [1.82, 2.24) is 9.97 Å². The van der Waals surface area contributed by atoms with Gasteiger partial charge in [0, 0.05) is 5.69 Å². The number of hydrogen-bond acceptors (Lipinski definition) is 5. The molecule has 0 fully saturated rings. The summed E-state index contributed by atoms with van der Waals surface area (Å²) in [5, 5.41) is 3.13. The predicted molar refractivity (Wildman–Crippen MR) is 72.0 cm³/mol. The Morgan fingerprint density at radius 2 is 1.94 bits per heavy atom. The first-order chi connectivity index (χ1) is 8.78. The number of ether oxygens (including phenoxy) is 1. The van der Waals surface area contributed by atoms with E-state index in [0.29, 0.717) is 11.6 Å². The summed E-state index contributed by atoms with van der Waals surface area (Å²) in [5.74, 6) is 1.93. The van der Waals surface area contributed by atoms with Crippen molar-refractivity contribution < 1.29 is 4.74 Å². The van der Waals surface area contributed by atoms with Crippen molar-refractivity contribution in [3.05, 3.63) is 36.7 Å². The van der Waals surface area contributed by atoms with Crippen LogP contribution in [0.25, 0.3) is 0 Å². The molecule has 94 valence electrons. The number of hydrogen-bond donors (Lipinski definition) is 2. The Morgan fingerprint density at radius 3 is 2.56 bits per heavy atom. The van der Waals surface area contributed by atoms with Crippen LogP contribution in [0.4, 0.5) is 17.3 Å².